The van der Waals surface area contributed by atoms with Crippen molar-refractivity contribution < 1.29 is 21.6 Å². The summed E-state index contributed by atoms with van der Waals surface area (Å²) >= 11 is 0. The molecule has 1 unspecified atom stereocenters. The van der Waals surface area contributed by atoms with Gasteiger partial charge in [-0.1, -0.05) is 49.4 Å². The van der Waals surface area contributed by atoms with Crippen molar-refractivity contribution >= 4 is 20.0 Å². The molecule has 0 bridgehead atoms. The number of hydrogen-bond acceptors (Lipinski definition) is 5. The van der Waals surface area contributed by atoms with E-state index in [1.165, 1.54) is 32.9 Å². The Balaban J connectivity index is 1.62. The number of rotatable bonds is 9. The van der Waals surface area contributed by atoms with Crippen LogP contribution in [0, 0.1) is 5.92 Å². The van der Waals surface area contributed by atoms with Crippen LogP contribution in [0.4, 0.5) is 0 Å². The average Bonchev–Trinajstić information content (AvgIpc) is 2.89. The Hall–Kier alpha value is -2.72. The maximum atomic E-state index is 13.7. The van der Waals surface area contributed by atoms with Gasteiger partial charge in [-0.05, 0) is 66.3 Å². The Labute approximate surface area is 214 Å². The van der Waals surface area contributed by atoms with Gasteiger partial charge in [0, 0.05) is 26.2 Å². The molecule has 0 aromatic heterocycles. The Kier molecular flexibility index (Phi) is 8.14. The van der Waals surface area contributed by atoms with Crippen molar-refractivity contribution in [2.75, 3.05) is 20.2 Å². The predicted octanol–water partition coefficient (Wildman–Crippen LogP) is 4.51. The van der Waals surface area contributed by atoms with Gasteiger partial charge in [0.2, 0.25) is 20.0 Å². The zero-order chi connectivity index (χ0) is 25.8. The van der Waals surface area contributed by atoms with E-state index in [1.807, 2.05) is 49.4 Å². The van der Waals surface area contributed by atoms with Crippen molar-refractivity contribution in [2.45, 2.75) is 42.6 Å². The lowest BCUT2D eigenvalue weighted by molar-refractivity contribution is 0.281. The summed E-state index contributed by atoms with van der Waals surface area (Å²) in [6.07, 6.45) is 1.83. The minimum Gasteiger partial charge on any atom is -0.497 e. The molecule has 0 spiro atoms. The molecule has 9 heteroatoms. The van der Waals surface area contributed by atoms with Gasteiger partial charge in [0.15, 0.2) is 0 Å². The van der Waals surface area contributed by atoms with Crippen LogP contribution < -0.4 is 4.74 Å². The molecular formula is C27H32N2O5S2. The van der Waals surface area contributed by atoms with Crippen molar-refractivity contribution in [2.24, 2.45) is 5.92 Å². The van der Waals surface area contributed by atoms with E-state index in [1.54, 1.807) is 19.2 Å². The molecule has 192 valence electrons. The number of piperidine rings is 1. The summed E-state index contributed by atoms with van der Waals surface area (Å²) < 4.78 is 61.8. The monoisotopic (exact) mass is 528 g/mol. The predicted molar refractivity (Wildman–Crippen MR) is 139 cm³/mol. The van der Waals surface area contributed by atoms with Crippen molar-refractivity contribution in [3.63, 3.8) is 0 Å². The van der Waals surface area contributed by atoms with Gasteiger partial charge in [-0.2, -0.15) is 8.61 Å². The van der Waals surface area contributed by atoms with Gasteiger partial charge in [-0.15, -0.1) is 0 Å². The van der Waals surface area contributed by atoms with Gasteiger partial charge in [0.1, 0.15) is 5.75 Å². The molecule has 1 aliphatic rings. The standard InChI is InChI=1S/C27H32N2O5S2/c1-22-7-6-18-28(19-22)35(30,31)26-14-16-27(17-15-26)36(32,33)29(20-23-8-4-3-5-9-23)21-24-10-12-25(34-2)13-11-24/h3-5,8-17,22H,6-7,18-21H2,1-2H3. The molecular weight excluding hydrogens is 496 g/mol. The number of nitrogens with zero attached hydrogens (tertiary/aromatic N) is 2. The van der Waals surface area contributed by atoms with Gasteiger partial charge in [-0.3, -0.25) is 0 Å². The zero-order valence-electron chi connectivity index (χ0n) is 20.6. The topological polar surface area (TPSA) is 84.0 Å². The molecule has 3 aromatic rings. The summed E-state index contributed by atoms with van der Waals surface area (Å²) in [4.78, 5) is 0.165. The SMILES string of the molecule is COc1ccc(CN(Cc2ccccc2)S(=O)(=O)c2ccc(S(=O)(=O)N3CCCC(C)C3)cc2)cc1. The molecule has 1 heterocycles. The highest BCUT2D eigenvalue weighted by atomic mass is 32.2. The van der Waals surface area contributed by atoms with Gasteiger partial charge in [0.25, 0.3) is 0 Å². The number of methoxy groups -OCH3 is 1. The van der Waals surface area contributed by atoms with Gasteiger partial charge in [0.05, 0.1) is 16.9 Å². The molecule has 0 N–H and O–H groups in total. The van der Waals surface area contributed by atoms with Crippen molar-refractivity contribution in [1.82, 2.24) is 8.61 Å². The summed E-state index contributed by atoms with van der Waals surface area (Å²) in [5.74, 6) is 0.994. The zero-order valence-corrected chi connectivity index (χ0v) is 22.2. The summed E-state index contributed by atoms with van der Waals surface area (Å²) in [7, 11) is -6.00. The fourth-order valence-corrected chi connectivity index (χ4v) is 7.41. The second-order valence-electron chi connectivity index (χ2n) is 9.19. The largest absolute Gasteiger partial charge is 0.497 e. The molecule has 0 amide bonds. The molecule has 1 saturated heterocycles. The van der Waals surface area contributed by atoms with Crippen LogP contribution in [-0.4, -0.2) is 45.6 Å². The Bertz CT molecular complexity index is 1360. The first-order valence-electron chi connectivity index (χ1n) is 12.0. The highest BCUT2D eigenvalue weighted by Crippen LogP contribution is 2.27. The number of ether oxygens (including phenoxy) is 1. The highest BCUT2D eigenvalue weighted by Gasteiger charge is 2.30. The number of hydrogen-bond donors (Lipinski definition) is 0. The summed E-state index contributed by atoms with van der Waals surface area (Å²) in [5, 5.41) is 0. The van der Waals surface area contributed by atoms with Gasteiger partial charge >= 0.3 is 0 Å². The quantitative estimate of drug-likeness (QED) is 0.408. The van der Waals surface area contributed by atoms with Crippen LogP contribution in [0.25, 0.3) is 0 Å². The lowest BCUT2D eigenvalue weighted by Gasteiger charge is -2.30. The third kappa shape index (κ3) is 5.98. The minimum atomic E-state index is -3.92. The van der Waals surface area contributed by atoms with Crippen LogP contribution in [0.5, 0.6) is 5.75 Å². The molecule has 3 aromatic carbocycles. The lowest BCUT2D eigenvalue weighted by Crippen LogP contribution is -2.39. The van der Waals surface area contributed by atoms with Gasteiger partial charge in [-0.25, -0.2) is 16.8 Å². The van der Waals surface area contributed by atoms with E-state index in [0.717, 1.165) is 24.0 Å². The first-order chi connectivity index (χ1) is 17.2. The first kappa shape index (κ1) is 26.3. The average molecular weight is 529 g/mol. The van der Waals surface area contributed by atoms with Crippen LogP contribution in [0.1, 0.15) is 30.9 Å². The third-order valence-electron chi connectivity index (χ3n) is 6.44. The second-order valence-corrected chi connectivity index (χ2v) is 13.1. The molecule has 0 radical (unpaired) electrons. The molecule has 4 rings (SSSR count). The fourth-order valence-electron chi connectivity index (χ4n) is 4.39. The molecule has 1 atom stereocenters. The Morgan fingerprint density at radius 3 is 2.00 bits per heavy atom. The summed E-state index contributed by atoms with van der Waals surface area (Å²) in [5.41, 5.74) is 1.67. The summed E-state index contributed by atoms with van der Waals surface area (Å²) in [6.45, 7) is 3.35. The lowest BCUT2D eigenvalue weighted by atomic mass is 10.0. The molecule has 0 aliphatic carbocycles. The van der Waals surface area contributed by atoms with Crippen LogP contribution >= 0.6 is 0 Å². The fraction of sp³-hybridized carbons (Fsp3) is 0.333. The maximum absolute atomic E-state index is 13.7. The maximum Gasteiger partial charge on any atom is 0.243 e. The second kappa shape index (κ2) is 11.1. The molecule has 0 saturated carbocycles. The van der Waals surface area contributed by atoms with E-state index in [-0.39, 0.29) is 22.9 Å². The van der Waals surface area contributed by atoms with E-state index in [0.29, 0.717) is 24.8 Å². The van der Waals surface area contributed by atoms with Gasteiger partial charge < -0.3 is 4.74 Å². The van der Waals surface area contributed by atoms with Crippen LogP contribution in [0.3, 0.4) is 0 Å². The number of sulfonamides is 2. The van der Waals surface area contributed by atoms with Crippen molar-refractivity contribution in [3.8, 4) is 5.75 Å². The van der Waals surface area contributed by atoms with Crippen molar-refractivity contribution in [1.29, 1.82) is 0 Å². The Morgan fingerprint density at radius 1 is 0.833 bits per heavy atom. The smallest absolute Gasteiger partial charge is 0.243 e. The Morgan fingerprint density at radius 2 is 1.42 bits per heavy atom. The van der Waals surface area contributed by atoms with Crippen LogP contribution in [0.15, 0.2) is 88.7 Å². The van der Waals surface area contributed by atoms with E-state index < -0.39 is 20.0 Å². The first-order valence-corrected chi connectivity index (χ1v) is 14.9. The van der Waals surface area contributed by atoms with Crippen molar-refractivity contribution in [3.05, 3.63) is 90.0 Å². The molecule has 1 aliphatic heterocycles. The van der Waals surface area contributed by atoms with E-state index >= 15 is 0 Å². The molecule has 1 fully saturated rings. The van der Waals surface area contributed by atoms with E-state index in [2.05, 4.69) is 0 Å². The summed E-state index contributed by atoms with van der Waals surface area (Å²) in [6, 6.07) is 22.2. The minimum absolute atomic E-state index is 0.0536. The third-order valence-corrected chi connectivity index (χ3v) is 10.1. The van der Waals surface area contributed by atoms with Crippen LogP contribution in [-0.2, 0) is 33.1 Å². The normalized spacial score (nSPS) is 17.2. The molecule has 7 nitrogen and oxygen atoms in total. The number of benzene rings is 3. The van der Waals surface area contributed by atoms with E-state index in [9.17, 15) is 16.8 Å². The van der Waals surface area contributed by atoms with Crippen LogP contribution in [0.2, 0.25) is 0 Å². The van der Waals surface area contributed by atoms with E-state index in [4.69, 9.17) is 4.74 Å². The highest BCUT2D eigenvalue weighted by molar-refractivity contribution is 7.89. The molecule has 36 heavy (non-hydrogen) atoms.